The molecular weight excluding hydrogens is 312 g/mol. The molecule has 0 saturated heterocycles. The fraction of sp³-hybridized carbons (Fsp3) is 0.438. The molecular formula is C16H20N4O2S. The molecule has 1 aromatic carbocycles. The van der Waals surface area contributed by atoms with Gasteiger partial charge < -0.3 is 10.4 Å². The first-order chi connectivity index (χ1) is 11.1. The molecule has 122 valence electrons. The Kier molecular flexibility index (Phi) is 5.00. The predicted octanol–water partition coefficient (Wildman–Crippen LogP) is 1.99. The summed E-state index contributed by atoms with van der Waals surface area (Å²) in [6, 6.07) is 9.27. The second-order valence-electron chi connectivity index (χ2n) is 5.92. The number of aromatic nitrogens is 2. The number of nitrogens with one attached hydrogen (secondary N) is 1. The summed E-state index contributed by atoms with van der Waals surface area (Å²) in [6.45, 7) is 1.20. The molecule has 0 bridgehead atoms. The van der Waals surface area contributed by atoms with E-state index < -0.39 is 0 Å². The van der Waals surface area contributed by atoms with Gasteiger partial charge in [0.15, 0.2) is 0 Å². The Morgan fingerprint density at radius 3 is 2.83 bits per heavy atom. The van der Waals surface area contributed by atoms with E-state index in [1.54, 1.807) is 0 Å². The van der Waals surface area contributed by atoms with E-state index >= 15 is 0 Å². The molecule has 1 unspecified atom stereocenters. The highest BCUT2D eigenvalue weighted by Crippen LogP contribution is 2.32. The largest absolute Gasteiger partial charge is 0.392 e. The van der Waals surface area contributed by atoms with Gasteiger partial charge in [-0.25, -0.2) is 0 Å². The molecule has 0 spiro atoms. The maximum Gasteiger partial charge on any atom is 0.286 e. The van der Waals surface area contributed by atoms with Crippen LogP contribution in [0.4, 0.5) is 5.69 Å². The number of hydrogen-bond donors (Lipinski definition) is 2. The van der Waals surface area contributed by atoms with Crippen molar-refractivity contribution in [2.45, 2.75) is 25.5 Å². The predicted molar refractivity (Wildman–Crippen MR) is 89.4 cm³/mol. The van der Waals surface area contributed by atoms with Crippen LogP contribution >= 0.6 is 11.3 Å². The van der Waals surface area contributed by atoms with Gasteiger partial charge in [-0.15, -0.1) is 10.2 Å². The summed E-state index contributed by atoms with van der Waals surface area (Å²) in [5, 5.41) is 21.9. The van der Waals surface area contributed by atoms with Crippen molar-refractivity contribution >= 4 is 22.9 Å². The number of anilines is 1. The lowest BCUT2D eigenvalue weighted by Crippen LogP contribution is -2.30. The summed E-state index contributed by atoms with van der Waals surface area (Å²) in [6.07, 6.45) is 1.98. The quantitative estimate of drug-likeness (QED) is 0.811. The Hall–Kier alpha value is -1.83. The normalized spacial score (nSPS) is 15.6. The van der Waals surface area contributed by atoms with Crippen LogP contribution in [0.2, 0.25) is 0 Å². The molecule has 23 heavy (non-hydrogen) atoms. The minimum absolute atomic E-state index is 0.249. The molecule has 0 aliphatic heterocycles. The van der Waals surface area contributed by atoms with Crippen molar-refractivity contribution in [2.75, 3.05) is 18.9 Å². The lowest BCUT2D eigenvalue weighted by atomic mass is 10.2. The minimum atomic E-state index is -0.270. The molecule has 2 N–H and O–H groups in total. The average molecular weight is 332 g/mol. The molecule has 2 aromatic rings. The number of amides is 1. The van der Waals surface area contributed by atoms with Crippen LogP contribution in [0.15, 0.2) is 30.3 Å². The third kappa shape index (κ3) is 4.57. The summed E-state index contributed by atoms with van der Waals surface area (Å²) in [5.74, 6) is 0.208. The second-order valence-corrected chi connectivity index (χ2v) is 6.98. The third-order valence-electron chi connectivity index (χ3n) is 3.76. The van der Waals surface area contributed by atoms with Crippen molar-refractivity contribution in [1.29, 1.82) is 0 Å². The van der Waals surface area contributed by atoms with Crippen molar-refractivity contribution in [3.05, 3.63) is 40.3 Å². The molecule has 1 fully saturated rings. The first-order valence-electron chi connectivity index (χ1n) is 7.67. The Morgan fingerprint density at radius 2 is 2.13 bits per heavy atom. The number of benzene rings is 1. The van der Waals surface area contributed by atoms with E-state index in [-0.39, 0.29) is 12.0 Å². The Labute approximate surface area is 139 Å². The van der Waals surface area contributed by atoms with Crippen LogP contribution < -0.4 is 5.32 Å². The number of likely N-dealkylation sites (N-methyl/N-ethyl adjacent to an activating group) is 1. The van der Waals surface area contributed by atoms with Gasteiger partial charge in [0.25, 0.3) is 5.91 Å². The number of carbonyl (C=O) groups excluding carboxylic acids is 1. The maximum atomic E-state index is 12.1. The van der Waals surface area contributed by atoms with Gasteiger partial charge in [-0.05, 0) is 37.9 Å². The SMILES string of the molecule is CN(Cc1nnc(C(=O)Nc2ccccc2)s1)CC(O)C1CC1. The lowest BCUT2D eigenvalue weighted by Gasteiger charge is -2.18. The van der Waals surface area contributed by atoms with Gasteiger partial charge in [0.1, 0.15) is 5.01 Å². The van der Waals surface area contributed by atoms with E-state index in [1.165, 1.54) is 11.3 Å². The number of hydrogen-bond acceptors (Lipinski definition) is 6. The Balaban J connectivity index is 1.53. The number of aliphatic hydroxyl groups is 1. The fourth-order valence-electron chi connectivity index (χ4n) is 2.36. The van der Waals surface area contributed by atoms with Crippen molar-refractivity contribution in [1.82, 2.24) is 15.1 Å². The van der Waals surface area contributed by atoms with Crippen LogP contribution in [0.5, 0.6) is 0 Å². The van der Waals surface area contributed by atoms with Crippen molar-refractivity contribution in [3.8, 4) is 0 Å². The van der Waals surface area contributed by atoms with Crippen molar-refractivity contribution < 1.29 is 9.90 Å². The topological polar surface area (TPSA) is 78.4 Å². The molecule has 1 amide bonds. The number of rotatable bonds is 7. The molecule has 1 aliphatic rings. The smallest absolute Gasteiger partial charge is 0.286 e. The van der Waals surface area contributed by atoms with E-state index in [4.69, 9.17) is 0 Å². The van der Waals surface area contributed by atoms with Gasteiger partial charge in [-0.2, -0.15) is 0 Å². The Bertz CT molecular complexity index is 657. The minimum Gasteiger partial charge on any atom is -0.392 e. The van der Waals surface area contributed by atoms with Gasteiger partial charge in [-0.3, -0.25) is 9.69 Å². The van der Waals surface area contributed by atoms with Gasteiger partial charge in [0.05, 0.1) is 12.6 Å². The standard InChI is InChI=1S/C16H20N4O2S/c1-20(9-13(21)11-7-8-11)10-14-18-19-16(23-14)15(22)17-12-5-3-2-4-6-12/h2-6,11,13,21H,7-10H2,1H3,(H,17,22). The highest BCUT2D eigenvalue weighted by atomic mass is 32.1. The molecule has 1 heterocycles. The van der Waals surface area contributed by atoms with E-state index in [0.29, 0.717) is 24.0 Å². The number of nitrogens with zero attached hydrogens (tertiary/aromatic N) is 3. The zero-order chi connectivity index (χ0) is 16.2. The summed E-state index contributed by atoms with van der Waals surface area (Å²) < 4.78 is 0. The molecule has 1 aromatic heterocycles. The fourth-order valence-corrected chi connectivity index (χ4v) is 3.18. The van der Waals surface area contributed by atoms with Crippen LogP contribution in [0.3, 0.4) is 0 Å². The zero-order valence-corrected chi connectivity index (χ0v) is 13.8. The van der Waals surface area contributed by atoms with Crippen LogP contribution in [0, 0.1) is 5.92 Å². The summed E-state index contributed by atoms with van der Waals surface area (Å²) in [7, 11) is 1.94. The van der Waals surface area contributed by atoms with Gasteiger partial charge in [0, 0.05) is 12.2 Å². The molecule has 3 rings (SSSR count). The zero-order valence-electron chi connectivity index (χ0n) is 13.0. The van der Waals surface area contributed by atoms with E-state index in [2.05, 4.69) is 15.5 Å². The van der Waals surface area contributed by atoms with E-state index in [1.807, 2.05) is 42.3 Å². The van der Waals surface area contributed by atoms with Gasteiger partial charge >= 0.3 is 0 Å². The van der Waals surface area contributed by atoms with Crippen LogP contribution in [0.1, 0.15) is 27.7 Å². The van der Waals surface area contributed by atoms with E-state index in [0.717, 1.165) is 23.5 Å². The Morgan fingerprint density at radius 1 is 1.39 bits per heavy atom. The molecule has 7 heteroatoms. The number of para-hydroxylation sites is 1. The highest BCUT2D eigenvalue weighted by Gasteiger charge is 2.30. The molecule has 6 nitrogen and oxygen atoms in total. The van der Waals surface area contributed by atoms with Crippen molar-refractivity contribution in [3.63, 3.8) is 0 Å². The monoisotopic (exact) mass is 332 g/mol. The maximum absolute atomic E-state index is 12.1. The van der Waals surface area contributed by atoms with Crippen LogP contribution in [-0.4, -0.2) is 45.8 Å². The number of aliphatic hydroxyl groups excluding tert-OH is 1. The second kappa shape index (κ2) is 7.16. The highest BCUT2D eigenvalue weighted by molar-refractivity contribution is 7.13. The summed E-state index contributed by atoms with van der Waals surface area (Å²) in [4.78, 5) is 14.1. The third-order valence-corrected chi connectivity index (χ3v) is 4.67. The molecule has 1 saturated carbocycles. The average Bonchev–Trinajstić information content (AvgIpc) is 3.28. The molecule has 1 atom stereocenters. The van der Waals surface area contributed by atoms with Crippen LogP contribution in [-0.2, 0) is 6.54 Å². The van der Waals surface area contributed by atoms with Crippen molar-refractivity contribution in [2.24, 2.45) is 5.92 Å². The summed E-state index contributed by atoms with van der Waals surface area (Å²) in [5.41, 5.74) is 0.735. The summed E-state index contributed by atoms with van der Waals surface area (Å²) >= 11 is 1.28. The van der Waals surface area contributed by atoms with Crippen LogP contribution in [0.25, 0.3) is 0 Å². The first kappa shape index (κ1) is 16.0. The van der Waals surface area contributed by atoms with Gasteiger partial charge in [0.2, 0.25) is 5.01 Å². The van der Waals surface area contributed by atoms with Gasteiger partial charge in [-0.1, -0.05) is 29.5 Å². The van der Waals surface area contributed by atoms with E-state index in [9.17, 15) is 9.90 Å². The number of carbonyl (C=O) groups is 1. The molecule has 1 aliphatic carbocycles. The first-order valence-corrected chi connectivity index (χ1v) is 8.49. The lowest BCUT2D eigenvalue weighted by molar-refractivity contribution is 0.102. The molecule has 0 radical (unpaired) electrons.